The largest absolute Gasteiger partial charge is 0.493 e. The number of carbonyl (C=O) groups is 1. The number of methoxy groups -OCH3 is 3. The molecule has 0 fully saturated rings. The van der Waals surface area contributed by atoms with Gasteiger partial charge in [-0.05, 0) is 29.8 Å². The van der Waals surface area contributed by atoms with Crippen LogP contribution in [0.25, 0.3) is 0 Å². The summed E-state index contributed by atoms with van der Waals surface area (Å²) >= 11 is 5.84. The molecule has 23 heavy (non-hydrogen) atoms. The highest BCUT2D eigenvalue weighted by atomic mass is 35.5. The number of nitrogens with one attached hydrogen (secondary N) is 1. The van der Waals surface area contributed by atoms with Gasteiger partial charge in [0.25, 0.3) is 5.91 Å². The number of amides is 1. The molecule has 0 spiro atoms. The Hall–Kier alpha value is -2.40. The molecule has 0 heterocycles. The summed E-state index contributed by atoms with van der Waals surface area (Å²) in [6.07, 6.45) is 0. The molecule has 0 bridgehead atoms. The Kier molecular flexibility index (Phi) is 5.71. The van der Waals surface area contributed by atoms with Gasteiger partial charge < -0.3 is 19.5 Å². The van der Waals surface area contributed by atoms with E-state index in [0.717, 1.165) is 5.56 Å². The molecule has 5 nitrogen and oxygen atoms in total. The van der Waals surface area contributed by atoms with Crippen LogP contribution in [-0.2, 0) is 6.54 Å². The van der Waals surface area contributed by atoms with Crippen molar-refractivity contribution in [2.24, 2.45) is 0 Å². The fourth-order valence-electron chi connectivity index (χ4n) is 2.16. The van der Waals surface area contributed by atoms with Crippen molar-refractivity contribution in [2.45, 2.75) is 6.54 Å². The van der Waals surface area contributed by atoms with Crippen LogP contribution >= 0.6 is 11.6 Å². The molecule has 122 valence electrons. The summed E-state index contributed by atoms with van der Waals surface area (Å²) in [7, 11) is 4.50. The lowest BCUT2D eigenvalue weighted by Crippen LogP contribution is -2.23. The van der Waals surface area contributed by atoms with Crippen molar-refractivity contribution in [1.29, 1.82) is 0 Å². The lowest BCUT2D eigenvalue weighted by molar-refractivity contribution is 0.0947. The van der Waals surface area contributed by atoms with Gasteiger partial charge in [0.2, 0.25) is 5.75 Å². The quantitative estimate of drug-likeness (QED) is 0.880. The third kappa shape index (κ3) is 3.87. The van der Waals surface area contributed by atoms with Crippen LogP contribution in [-0.4, -0.2) is 27.2 Å². The fraction of sp³-hybridized carbons (Fsp3) is 0.235. The van der Waals surface area contributed by atoms with E-state index < -0.39 is 0 Å². The summed E-state index contributed by atoms with van der Waals surface area (Å²) in [6, 6.07) is 10.6. The SMILES string of the molecule is COc1ccc(C(=O)NCc2ccc(Cl)cc2)c(OC)c1OC. The van der Waals surface area contributed by atoms with E-state index in [4.69, 9.17) is 25.8 Å². The van der Waals surface area contributed by atoms with Crippen molar-refractivity contribution in [2.75, 3.05) is 21.3 Å². The molecule has 0 aliphatic rings. The van der Waals surface area contributed by atoms with Crippen LogP contribution in [0.1, 0.15) is 15.9 Å². The molecule has 1 amide bonds. The van der Waals surface area contributed by atoms with Crippen molar-refractivity contribution in [3.63, 3.8) is 0 Å². The second kappa shape index (κ2) is 7.74. The van der Waals surface area contributed by atoms with E-state index in [1.807, 2.05) is 12.1 Å². The van der Waals surface area contributed by atoms with Crippen LogP contribution in [0.4, 0.5) is 0 Å². The second-order valence-corrected chi connectivity index (χ2v) is 5.13. The highest BCUT2D eigenvalue weighted by molar-refractivity contribution is 6.30. The number of rotatable bonds is 6. The average Bonchev–Trinajstić information content (AvgIpc) is 2.59. The van der Waals surface area contributed by atoms with E-state index in [1.165, 1.54) is 21.3 Å². The maximum atomic E-state index is 12.4. The summed E-state index contributed by atoms with van der Waals surface area (Å²) in [5.41, 5.74) is 1.32. The molecule has 0 aliphatic carbocycles. The molecule has 0 radical (unpaired) electrons. The zero-order chi connectivity index (χ0) is 16.8. The van der Waals surface area contributed by atoms with Crippen molar-refractivity contribution in [1.82, 2.24) is 5.32 Å². The zero-order valence-electron chi connectivity index (χ0n) is 13.2. The molecular weight excluding hydrogens is 318 g/mol. The molecule has 0 atom stereocenters. The monoisotopic (exact) mass is 335 g/mol. The number of benzene rings is 2. The van der Waals surface area contributed by atoms with Crippen LogP contribution in [0.2, 0.25) is 5.02 Å². The molecule has 0 aliphatic heterocycles. The van der Waals surface area contributed by atoms with Gasteiger partial charge in [-0.1, -0.05) is 23.7 Å². The van der Waals surface area contributed by atoms with Crippen molar-refractivity contribution in [3.8, 4) is 17.2 Å². The van der Waals surface area contributed by atoms with Gasteiger partial charge in [0.05, 0.1) is 26.9 Å². The highest BCUT2D eigenvalue weighted by Crippen LogP contribution is 2.39. The Bertz CT molecular complexity index is 686. The summed E-state index contributed by atoms with van der Waals surface area (Å²) in [6.45, 7) is 0.382. The predicted molar refractivity (Wildman–Crippen MR) is 88.7 cm³/mol. The predicted octanol–water partition coefficient (Wildman–Crippen LogP) is 3.30. The molecule has 0 aromatic heterocycles. The smallest absolute Gasteiger partial charge is 0.255 e. The minimum Gasteiger partial charge on any atom is -0.493 e. The molecule has 2 aromatic carbocycles. The van der Waals surface area contributed by atoms with Gasteiger partial charge in [0, 0.05) is 11.6 Å². The minimum atomic E-state index is -0.266. The molecular formula is C17H18ClNO4. The van der Waals surface area contributed by atoms with E-state index in [9.17, 15) is 4.79 Å². The zero-order valence-corrected chi connectivity index (χ0v) is 13.9. The maximum Gasteiger partial charge on any atom is 0.255 e. The maximum absolute atomic E-state index is 12.4. The number of carbonyl (C=O) groups excluding carboxylic acids is 1. The van der Waals surface area contributed by atoms with Gasteiger partial charge in [-0.2, -0.15) is 0 Å². The number of halogens is 1. The first kappa shape index (κ1) is 17.0. The molecule has 0 saturated carbocycles. The van der Waals surface area contributed by atoms with E-state index in [2.05, 4.69) is 5.32 Å². The third-order valence-electron chi connectivity index (χ3n) is 3.32. The molecule has 0 saturated heterocycles. The fourth-order valence-corrected chi connectivity index (χ4v) is 2.29. The Morgan fingerprint density at radius 2 is 1.61 bits per heavy atom. The topological polar surface area (TPSA) is 56.8 Å². The van der Waals surface area contributed by atoms with E-state index in [1.54, 1.807) is 24.3 Å². The second-order valence-electron chi connectivity index (χ2n) is 4.69. The summed E-state index contributed by atoms with van der Waals surface area (Å²) in [5, 5.41) is 3.49. The molecule has 6 heteroatoms. The van der Waals surface area contributed by atoms with Gasteiger partial charge in [0.15, 0.2) is 11.5 Å². The Morgan fingerprint density at radius 3 is 2.17 bits per heavy atom. The van der Waals surface area contributed by atoms with Crippen molar-refractivity contribution in [3.05, 3.63) is 52.5 Å². The molecule has 2 aromatic rings. The standard InChI is InChI=1S/C17H18ClNO4/c1-21-14-9-8-13(15(22-2)16(14)23-3)17(20)19-10-11-4-6-12(18)7-5-11/h4-9H,10H2,1-3H3,(H,19,20). The van der Waals surface area contributed by atoms with E-state index >= 15 is 0 Å². The van der Waals surface area contributed by atoms with Gasteiger partial charge >= 0.3 is 0 Å². The Labute approximate surface area is 140 Å². The first-order chi connectivity index (χ1) is 11.1. The Morgan fingerprint density at radius 1 is 0.957 bits per heavy atom. The summed E-state index contributed by atoms with van der Waals surface area (Å²) in [5.74, 6) is 0.950. The lowest BCUT2D eigenvalue weighted by Gasteiger charge is -2.15. The van der Waals surface area contributed by atoms with E-state index in [-0.39, 0.29) is 5.91 Å². The van der Waals surface area contributed by atoms with Crippen LogP contribution in [0, 0.1) is 0 Å². The average molecular weight is 336 g/mol. The van der Waals surface area contributed by atoms with Crippen molar-refractivity contribution < 1.29 is 19.0 Å². The first-order valence-electron chi connectivity index (χ1n) is 6.92. The summed E-state index contributed by atoms with van der Waals surface area (Å²) < 4.78 is 15.8. The van der Waals surface area contributed by atoms with Gasteiger partial charge in [0.1, 0.15) is 0 Å². The summed E-state index contributed by atoms with van der Waals surface area (Å²) in [4.78, 5) is 12.4. The number of ether oxygens (including phenoxy) is 3. The number of hydrogen-bond acceptors (Lipinski definition) is 4. The van der Waals surface area contributed by atoms with Crippen molar-refractivity contribution >= 4 is 17.5 Å². The first-order valence-corrected chi connectivity index (χ1v) is 7.30. The minimum absolute atomic E-state index is 0.266. The Balaban J connectivity index is 2.20. The lowest BCUT2D eigenvalue weighted by atomic mass is 10.1. The van der Waals surface area contributed by atoms with Crippen LogP contribution in [0.15, 0.2) is 36.4 Å². The van der Waals surface area contributed by atoms with Crippen LogP contribution < -0.4 is 19.5 Å². The molecule has 2 rings (SSSR count). The van der Waals surface area contributed by atoms with E-state index in [0.29, 0.717) is 34.4 Å². The van der Waals surface area contributed by atoms with Gasteiger partial charge in [-0.3, -0.25) is 4.79 Å². The third-order valence-corrected chi connectivity index (χ3v) is 3.57. The van der Waals surface area contributed by atoms with Gasteiger partial charge in [-0.15, -0.1) is 0 Å². The normalized spacial score (nSPS) is 10.1. The molecule has 0 unspecified atom stereocenters. The molecule has 1 N–H and O–H groups in total. The van der Waals surface area contributed by atoms with Crippen LogP contribution in [0.5, 0.6) is 17.2 Å². The highest BCUT2D eigenvalue weighted by Gasteiger charge is 2.20. The van der Waals surface area contributed by atoms with Gasteiger partial charge in [-0.25, -0.2) is 0 Å². The van der Waals surface area contributed by atoms with Crippen LogP contribution in [0.3, 0.4) is 0 Å². The number of hydrogen-bond donors (Lipinski definition) is 1.